The normalized spacial score (nSPS) is 12.2. The summed E-state index contributed by atoms with van der Waals surface area (Å²) < 4.78 is 39.9. The van der Waals surface area contributed by atoms with Crippen molar-refractivity contribution in [2.75, 3.05) is 5.73 Å². The Kier molecular flexibility index (Phi) is 3.52. The van der Waals surface area contributed by atoms with Crippen LogP contribution in [0.5, 0.6) is 0 Å². The summed E-state index contributed by atoms with van der Waals surface area (Å²) in [4.78, 5) is 3.92. The van der Waals surface area contributed by atoms with Crippen LogP contribution in [-0.2, 0) is 6.18 Å². The number of nitrogens with zero attached hydrogens (tertiary/aromatic N) is 3. The Morgan fingerprint density at radius 1 is 1.30 bits per heavy atom. The molecule has 0 bridgehead atoms. The number of anilines is 1. The molecule has 0 radical (unpaired) electrons. The van der Waals surface area contributed by atoms with Crippen molar-refractivity contribution >= 4 is 12.2 Å². The highest BCUT2D eigenvalue weighted by atomic mass is 19.4. The van der Waals surface area contributed by atoms with Crippen molar-refractivity contribution in [1.29, 1.82) is 0 Å². The van der Waals surface area contributed by atoms with E-state index in [-0.39, 0.29) is 11.5 Å². The lowest BCUT2D eigenvalue weighted by Gasteiger charge is -2.10. The molecule has 20 heavy (non-hydrogen) atoms. The number of rotatable bonds is 2. The molecule has 0 spiro atoms. The molecule has 106 valence electrons. The number of hydrogen-bond acceptors (Lipinski definition) is 3. The van der Waals surface area contributed by atoms with Crippen molar-refractivity contribution < 1.29 is 13.2 Å². The maximum atomic E-state index is 12.9. The van der Waals surface area contributed by atoms with Gasteiger partial charge in [-0.3, -0.25) is 0 Å². The highest BCUT2D eigenvalue weighted by Gasteiger charge is 2.32. The smallest absolute Gasteiger partial charge is 0.368 e. The van der Waals surface area contributed by atoms with Gasteiger partial charge in [0.1, 0.15) is 0 Å². The molecule has 7 heteroatoms. The van der Waals surface area contributed by atoms with Crippen LogP contribution in [-0.4, -0.2) is 15.9 Å². The van der Waals surface area contributed by atoms with E-state index in [1.807, 2.05) is 0 Å². The number of aromatic nitrogens is 2. The lowest BCUT2D eigenvalue weighted by molar-refractivity contribution is -0.137. The van der Waals surface area contributed by atoms with E-state index in [0.29, 0.717) is 11.3 Å². The van der Waals surface area contributed by atoms with Crippen molar-refractivity contribution in [2.24, 2.45) is 5.10 Å². The van der Waals surface area contributed by atoms with Crippen molar-refractivity contribution in [1.82, 2.24) is 9.66 Å². The maximum absolute atomic E-state index is 12.9. The number of benzene rings is 1. The Morgan fingerprint density at radius 2 is 2.00 bits per heavy atom. The summed E-state index contributed by atoms with van der Waals surface area (Å²) in [6, 6.07) is 3.88. The SMILES string of the molecule is Cc1ccc(C(F)(F)F)c(C=Nn2cc(C)nc2N)c1. The number of nitrogen functional groups attached to an aromatic ring is 1. The lowest BCUT2D eigenvalue weighted by atomic mass is 10.1. The van der Waals surface area contributed by atoms with Gasteiger partial charge in [0, 0.05) is 5.56 Å². The minimum atomic E-state index is -4.43. The molecule has 4 nitrogen and oxygen atoms in total. The fourth-order valence-corrected chi connectivity index (χ4v) is 1.77. The van der Waals surface area contributed by atoms with Crippen molar-refractivity contribution in [3.63, 3.8) is 0 Å². The highest BCUT2D eigenvalue weighted by Crippen LogP contribution is 2.31. The van der Waals surface area contributed by atoms with Crippen LogP contribution < -0.4 is 5.73 Å². The van der Waals surface area contributed by atoms with Gasteiger partial charge in [0.25, 0.3) is 0 Å². The Labute approximate surface area is 113 Å². The molecule has 2 aromatic rings. The first-order valence-electron chi connectivity index (χ1n) is 5.81. The van der Waals surface area contributed by atoms with Crippen LogP contribution in [0, 0.1) is 13.8 Å². The minimum absolute atomic E-state index is 0.0109. The van der Waals surface area contributed by atoms with Gasteiger partial charge in [-0.05, 0) is 26.0 Å². The van der Waals surface area contributed by atoms with E-state index < -0.39 is 11.7 Å². The van der Waals surface area contributed by atoms with Gasteiger partial charge >= 0.3 is 6.18 Å². The molecule has 1 aromatic heterocycles. The van der Waals surface area contributed by atoms with Crippen LogP contribution in [0.3, 0.4) is 0 Å². The average Bonchev–Trinajstić information content (AvgIpc) is 2.63. The first-order valence-corrected chi connectivity index (χ1v) is 5.81. The largest absolute Gasteiger partial charge is 0.417 e. The Morgan fingerprint density at radius 3 is 2.55 bits per heavy atom. The topological polar surface area (TPSA) is 56.2 Å². The quantitative estimate of drug-likeness (QED) is 0.861. The summed E-state index contributed by atoms with van der Waals surface area (Å²) in [7, 11) is 0. The van der Waals surface area contributed by atoms with E-state index in [1.165, 1.54) is 23.0 Å². The van der Waals surface area contributed by atoms with Gasteiger partial charge in [-0.25, -0.2) is 9.66 Å². The molecular formula is C13H13F3N4. The number of aryl methyl sites for hydroxylation is 2. The summed E-state index contributed by atoms with van der Waals surface area (Å²) in [6.45, 7) is 3.43. The molecule has 0 saturated heterocycles. The van der Waals surface area contributed by atoms with Gasteiger partial charge in [-0.15, -0.1) is 0 Å². The maximum Gasteiger partial charge on any atom is 0.417 e. The van der Waals surface area contributed by atoms with Crippen LogP contribution >= 0.6 is 0 Å². The molecule has 1 heterocycles. The summed E-state index contributed by atoms with van der Waals surface area (Å²) in [5.41, 5.74) is 6.19. The molecule has 2 rings (SSSR count). The summed E-state index contributed by atoms with van der Waals surface area (Å²) in [6.07, 6.45) is -1.76. The van der Waals surface area contributed by atoms with Gasteiger partial charge < -0.3 is 5.73 Å². The first-order chi connectivity index (χ1) is 9.27. The third kappa shape index (κ3) is 2.98. The van der Waals surface area contributed by atoms with E-state index in [0.717, 1.165) is 12.3 Å². The number of alkyl halides is 3. The Hall–Kier alpha value is -2.31. The number of hydrogen-bond donors (Lipinski definition) is 1. The first kappa shape index (κ1) is 14.1. The average molecular weight is 282 g/mol. The predicted octanol–water partition coefficient (Wildman–Crippen LogP) is 2.98. The van der Waals surface area contributed by atoms with Crippen LogP contribution in [0.2, 0.25) is 0 Å². The second-order valence-corrected chi connectivity index (χ2v) is 4.42. The van der Waals surface area contributed by atoms with Gasteiger partial charge in [-0.2, -0.15) is 18.3 Å². The summed E-state index contributed by atoms with van der Waals surface area (Å²) >= 11 is 0. The fraction of sp³-hybridized carbons (Fsp3) is 0.231. The standard InChI is InChI=1S/C13H13F3N4/c1-8-3-4-11(13(14,15)16)10(5-8)6-18-20-7-9(2)19-12(20)17/h3-7H,1-2H3,(H2,17,19). The van der Waals surface area contributed by atoms with Crippen molar-refractivity contribution in [2.45, 2.75) is 20.0 Å². The molecule has 0 aliphatic carbocycles. The van der Waals surface area contributed by atoms with E-state index in [9.17, 15) is 13.2 Å². The van der Waals surface area contributed by atoms with Crippen LogP contribution in [0.4, 0.5) is 19.1 Å². The molecule has 0 saturated carbocycles. The van der Waals surface area contributed by atoms with Crippen LogP contribution in [0.15, 0.2) is 29.5 Å². The lowest BCUT2D eigenvalue weighted by Crippen LogP contribution is -2.09. The highest BCUT2D eigenvalue weighted by molar-refractivity contribution is 5.82. The van der Waals surface area contributed by atoms with Crippen LogP contribution in [0.1, 0.15) is 22.4 Å². The molecule has 0 amide bonds. The molecule has 0 fully saturated rings. The molecule has 0 unspecified atom stereocenters. The van der Waals surface area contributed by atoms with Gasteiger partial charge in [0.05, 0.1) is 23.7 Å². The van der Waals surface area contributed by atoms with Crippen LogP contribution in [0.25, 0.3) is 0 Å². The fourth-order valence-electron chi connectivity index (χ4n) is 1.77. The monoisotopic (exact) mass is 282 g/mol. The molecular weight excluding hydrogens is 269 g/mol. The van der Waals surface area contributed by atoms with Gasteiger partial charge in [0.2, 0.25) is 5.95 Å². The molecule has 0 atom stereocenters. The molecule has 1 aromatic carbocycles. The van der Waals surface area contributed by atoms with E-state index in [4.69, 9.17) is 5.73 Å². The molecule has 0 aliphatic heterocycles. The Bertz CT molecular complexity index is 656. The second-order valence-electron chi connectivity index (χ2n) is 4.42. The molecule has 2 N–H and O–H groups in total. The second kappa shape index (κ2) is 4.99. The number of halogens is 3. The predicted molar refractivity (Wildman–Crippen MR) is 70.5 cm³/mol. The summed E-state index contributed by atoms with van der Waals surface area (Å²) in [5, 5.41) is 3.92. The zero-order valence-corrected chi connectivity index (χ0v) is 10.9. The zero-order valence-electron chi connectivity index (χ0n) is 10.9. The third-order valence-electron chi connectivity index (χ3n) is 2.67. The van der Waals surface area contributed by atoms with Gasteiger partial charge in [0.15, 0.2) is 0 Å². The van der Waals surface area contributed by atoms with E-state index >= 15 is 0 Å². The zero-order chi connectivity index (χ0) is 14.9. The van der Waals surface area contributed by atoms with Crippen molar-refractivity contribution in [3.8, 4) is 0 Å². The third-order valence-corrected chi connectivity index (χ3v) is 2.67. The van der Waals surface area contributed by atoms with E-state index in [2.05, 4.69) is 10.1 Å². The van der Waals surface area contributed by atoms with Crippen molar-refractivity contribution in [3.05, 3.63) is 46.8 Å². The number of imidazole rings is 1. The molecule has 0 aliphatic rings. The summed E-state index contributed by atoms with van der Waals surface area (Å²) in [5.74, 6) is 0.125. The Balaban J connectivity index is 2.42. The van der Waals surface area contributed by atoms with E-state index in [1.54, 1.807) is 13.8 Å². The van der Waals surface area contributed by atoms with Gasteiger partial charge in [-0.1, -0.05) is 11.6 Å². The number of nitrogens with two attached hydrogens (primary N) is 1. The minimum Gasteiger partial charge on any atom is -0.368 e.